The molecule has 2 aromatic heterocycles. The number of aryl methyl sites for hydroxylation is 1. The Bertz CT molecular complexity index is 1150. The van der Waals surface area contributed by atoms with E-state index in [1.165, 1.54) is 11.3 Å². The zero-order valence-electron chi connectivity index (χ0n) is 13.8. The minimum atomic E-state index is -0.117. The molecular formula is C20H14Cl2N2OS. The van der Waals surface area contributed by atoms with Gasteiger partial charge in [-0.1, -0.05) is 47.5 Å². The first-order chi connectivity index (χ1) is 12.5. The highest BCUT2D eigenvalue weighted by atomic mass is 35.5. The maximum absolute atomic E-state index is 12.8. The Morgan fingerprint density at radius 1 is 1.00 bits per heavy atom. The fourth-order valence-corrected chi connectivity index (χ4v) is 4.32. The number of aromatic amines is 1. The summed E-state index contributed by atoms with van der Waals surface area (Å²) in [4.78, 5) is 22.2. The number of fused-ring (bicyclic) bond motifs is 1. The molecule has 6 heteroatoms. The molecule has 0 saturated heterocycles. The molecule has 2 aromatic carbocycles. The van der Waals surface area contributed by atoms with Crippen molar-refractivity contribution < 1.29 is 0 Å². The van der Waals surface area contributed by atoms with Gasteiger partial charge in [0.25, 0.3) is 5.56 Å². The predicted molar refractivity (Wildman–Crippen MR) is 110 cm³/mol. The number of hydrogen-bond acceptors (Lipinski definition) is 3. The van der Waals surface area contributed by atoms with E-state index in [2.05, 4.69) is 9.97 Å². The van der Waals surface area contributed by atoms with E-state index >= 15 is 0 Å². The zero-order valence-corrected chi connectivity index (χ0v) is 16.2. The van der Waals surface area contributed by atoms with Crippen molar-refractivity contribution in [3.05, 3.63) is 85.2 Å². The van der Waals surface area contributed by atoms with Crippen LogP contribution in [-0.2, 0) is 6.42 Å². The SMILES string of the molecule is Cc1sc2nc(Cc3ccc(Cl)cc3)[nH]c(=O)c2c1-c1ccc(Cl)cc1. The van der Waals surface area contributed by atoms with Gasteiger partial charge in [0.2, 0.25) is 0 Å². The van der Waals surface area contributed by atoms with Crippen LogP contribution in [-0.4, -0.2) is 9.97 Å². The summed E-state index contributed by atoms with van der Waals surface area (Å²) in [5.74, 6) is 0.647. The largest absolute Gasteiger partial charge is 0.310 e. The lowest BCUT2D eigenvalue weighted by molar-refractivity contribution is 0.977. The molecule has 1 N–H and O–H groups in total. The summed E-state index contributed by atoms with van der Waals surface area (Å²) in [6.07, 6.45) is 0.551. The number of rotatable bonds is 3. The summed E-state index contributed by atoms with van der Waals surface area (Å²) in [6.45, 7) is 2.01. The zero-order chi connectivity index (χ0) is 18.3. The molecule has 0 radical (unpaired) electrons. The topological polar surface area (TPSA) is 45.8 Å². The summed E-state index contributed by atoms with van der Waals surface area (Å²) >= 11 is 13.4. The normalized spacial score (nSPS) is 11.2. The van der Waals surface area contributed by atoms with Crippen molar-refractivity contribution in [2.24, 2.45) is 0 Å². The van der Waals surface area contributed by atoms with Gasteiger partial charge >= 0.3 is 0 Å². The monoisotopic (exact) mass is 400 g/mol. The highest BCUT2D eigenvalue weighted by molar-refractivity contribution is 7.19. The van der Waals surface area contributed by atoms with E-state index in [4.69, 9.17) is 23.2 Å². The molecule has 0 unspecified atom stereocenters. The van der Waals surface area contributed by atoms with Crippen LogP contribution in [0.25, 0.3) is 21.3 Å². The second kappa shape index (κ2) is 6.88. The number of thiophene rings is 1. The summed E-state index contributed by atoms with van der Waals surface area (Å²) in [6, 6.07) is 15.1. The van der Waals surface area contributed by atoms with E-state index in [-0.39, 0.29) is 5.56 Å². The van der Waals surface area contributed by atoms with Crippen molar-refractivity contribution in [2.75, 3.05) is 0 Å². The number of nitrogens with one attached hydrogen (secondary N) is 1. The third-order valence-electron chi connectivity index (χ3n) is 4.20. The van der Waals surface area contributed by atoms with Crippen LogP contribution in [0.2, 0.25) is 10.0 Å². The van der Waals surface area contributed by atoms with Crippen LogP contribution in [0.1, 0.15) is 16.3 Å². The lowest BCUT2D eigenvalue weighted by Gasteiger charge is -2.04. The number of halogens is 2. The van der Waals surface area contributed by atoms with E-state index in [0.29, 0.717) is 27.7 Å². The first-order valence-electron chi connectivity index (χ1n) is 8.04. The average molecular weight is 401 g/mol. The van der Waals surface area contributed by atoms with Gasteiger partial charge in [-0.3, -0.25) is 4.79 Å². The van der Waals surface area contributed by atoms with Crippen LogP contribution in [0.4, 0.5) is 0 Å². The Balaban J connectivity index is 1.80. The van der Waals surface area contributed by atoms with Crippen LogP contribution < -0.4 is 5.56 Å². The molecule has 0 spiro atoms. The molecule has 0 aliphatic rings. The van der Waals surface area contributed by atoms with Gasteiger partial charge in [0.15, 0.2) is 0 Å². The van der Waals surface area contributed by atoms with Gasteiger partial charge in [-0.25, -0.2) is 4.98 Å². The fraction of sp³-hybridized carbons (Fsp3) is 0.100. The quantitative estimate of drug-likeness (QED) is 0.468. The van der Waals surface area contributed by atoms with E-state index in [1.54, 1.807) is 0 Å². The molecule has 0 aliphatic carbocycles. The van der Waals surface area contributed by atoms with Crippen molar-refractivity contribution >= 4 is 44.8 Å². The minimum Gasteiger partial charge on any atom is -0.310 e. The summed E-state index contributed by atoms with van der Waals surface area (Å²) in [5.41, 5.74) is 2.82. The Labute approximate surface area is 164 Å². The van der Waals surface area contributed by atoms with E-state index in [1.807, 2.05) is 55.5 Å². The van der Waals surface area contributed by atoms with Gasteiger partial charge in [0, 0.05) is 26.9 Å². The second-order valence-electron chi connectivity index (χ2n) is 6.04. The van der Waals surface area contributed by atoms with Crippen molar-refractivity contribution in [2.45, 2.75) is 13.3 Å². The van der Waals surface area contributed by atoms with Crippen LogP contribution in [0.3, 0.4) is 0 Å². The molecule has 26 heavy (non-hydrogen) atoms. The van der Waals surface area contributed by atoms with Crippen molar-refractivity contribution in [1.82, 2.24) is 9.97 Å². The number of hydrogen-bond donors (Lipinski definition) is 1. The molecular weight excluding hydrogens is 387 g/mol. The molecule has 130 valence electrons. The summed E-state index contributed by atoms with van der Waals surface area (Å²) < 4.78 is 0. The number of aromatic nitrogens is 2. The van der Waals surface area contributed by atoms with Gasteiger partial charge in [-0.15, -0.1) is 11.3 Å². The highest BCUT2D eigenvalue weighted by Crippen LogP contribution is 2.36. The summed E-state index contributed by atoms with van der Waals surface area (Å²) in [7, 11) is 0. The summed E-state index contributed by atoms with van der Waals surface area (Å²) in [5, 5.41) is 1.99. The Kier molecular flexibility index (Phi) is 4.57. The van der Waals surface area contributed by atoms with Gasteiger partial charge in [0.05, 0.1) is 5.39 Å². The average Bonchev–Trinajstić information content (AvgIpc) is 2.94. The van der Waals surface area contributed by atoms with Gasteiger partial charge in [-0.2, -0.15) is 0 Å². The van der Waals surface area contributed by atoms with Crippen molar-refractivity contribution in [3.8, 4) is 11.1 Å². The number of nitrogens with zero attached hydrogens (tertiary/aromatic N) is 1. The maximum Gasteiger partial charge on any atom is 0.260 e. The molecule has 0 bridgehead atoms. The molecule has 2 heterocycles. The highest BCUT2D eigenvalue weighted by Gasteiger charge is 2.16. The minimum absolute atomic E-state index is 0.117. The third-order valence-corrected chi connectivity index (χ3v) is 5.71. The van der Waals surface area contributed by atoms with Crippen LogP contribution in [0.5, 0.6) is 0 Å². The lowest BCUT2D eigenvalue weighted by Crippen LogP contribution is -2.11. The smallest absolute Gasteiger partial charge is 0.260 e. The Morgan fingerprint density at radius 2 is 1.62 bits per heavy atom. The number of H-pyrrole nitrogens is 1. The predicted octanol–water partition coefficient (Wildman–Crippen LogP) is 5.86. The second-order valence-corrected chi connectivity index (χ2v) is 8.11. The first-order valence-corrected chi connectivity index (χ1v) is 9.61. The lowest BCUT2D eigenvalue weighted by atomic mass is 10.0. The molecule has 0 aliphatic heterocycles. The fourth-order valence-electron chi connectivity index (χ4n) is 3.01. The van der Waals surface area contributed by atoms with Gasteiger partial charge in [-0.05, 0) is 42.3 Å². The van der Waals surface area contributed by atoms with Gasteiger partial charge < -0.3 is 4.98 Å². The molecule has 4 rings (SSSR count). The Morgan fingerprint density at radius 3 is 2.27 bits per heavy atom. The third kappa shape index (κ3) is 3.28. The standard InChI is InChI=1S/C20H14Cl2N2OS/c1-11-17(13-4-8-15(22)9-5-13)18-19(25)23-16(24-20(18)26-11)10-12-2-6-14(21)7-3-12/h2-9H,10H2,1H3,(H,23,24,25). The van der Waals surface area contributed by atoms with Gasteiger partial charge in [0.1, 0.15) is 10.7 Å². The molecule has 0 amide bonds. The first kappa shape index (κ1) is 17.3. The van der Waals surface area contributed by atoms with E-state index in [9.17, 15) is 4.79 Å². The maximum atomic E-state index is 12.8. The molecule has 0 saturated carbocycles. The van der Waals surface area contributed by atoms with Crippen LogP contribution in [0, 0.1) is 6.92 Å². The van der Waals surface area contributed by atoms with Crippen molar-refractivity contribution in [1.29, 1.82) is 0 Å². The molecule has 4 aromatic rings. The van der Waals surface area contributed by atoms with Crippen molar-refractivity contribution in [3.63, 3.8) is 0 Å². The van der Waals surface area contributed by atoms with E-state index < -0.39 is 0 Å². The molecule has 0 atom stereocenters. The molecule has 3 nitrogen and oxygen atoms in total. The van der Waals surface area contributed by atoms with E-state index in [0.717, 1.165) is 26.4 Å². The van der Waals surface area contributed by atoms with Crippen LogP contribution >= 0.6 is 34.5 Å². The van der Waals surface area contributed by atoms with Crippen LogP contribution in [0.15, 0.2) is 53.3 Å². The molecule has 0 fully saturated rings. The number of benzene rings is 2. The Hall–Kier alpha value is -2.14.